The van der Waals surface area contributed by atoms with E-state index >= 15 is 0 Å². The molecule has 0 aliphatic rings. The number of halogens is 1. The van der Waals surface area contributed by atoms with Crippen molar-refractivity contribution in [3.05, 3.63) is 78.0 Å². The average Bonchev–Trinajstić information content (AvgIpc) is 3.27. The summed E-state index contributed by atoms with van der Waals surface area (Å²) in [4.78, 5) is 4.45. The first-order valence-corrected chi connectivity index (χ1v) is 10.6. The standard InChI is InChI=1S/C22H23FN4O.C2H6.CH5N/c1-16(17-5-3-7-19(23)13-17)9-10-22-26-15-21(27(22)25-2)18-6-4-8-20(14-18)28-12-11-24;2*1-2/h3-10,13-16H,2,11-12,24H2,1H3;1-2H3;2H2,1H3/b10-9-;;. The molecule has 0 aliphatic carbocycles. The molecule has 0 aliphatic heterocycles. The molecule has 0 saturated carbocycles. The lowest BCUT2D eigenvalue weighted by Gasteiger charge is -2.08. The minimum Gasteiger partial charge on any atom is -0.492 e. The van der Waals surface area contributed by atoms with Crippen LogP contribution in [-0.2, 0) is 0 Å². The number of hydrogen-bond donors (Lipinski definition) is 2. The summed E-state index contributed by atoms with van der Waals surface area (Å²) in [6, 6.07) is 14.2. The van der Waals surface area contributed by atoms with Crippen LogP contribution in [0.25, 0.3) is 17.3 Å². The molecule has 1 atom stereocenters. The Bertz CT molecular complexity index is 984. The van der Waals surface area contributed by atoms with Crippen LogP contribution >= 0.6 is 0 Å². The van der Waals surface area contributed by atoms with Crippen LogP contribution in [-0.4, -0.2) is 36.6 Å². The monoisotopic (exact) mass is 439 g/mol. The summed E-state index contributed by atoms with van der Waals surface area (Å²) >= 11 is 0. The van der Waals surface area contributed by atoms with Gasteiger partial charge in [0.1, 0.15) is 18.2 Å². The summed E-state index contributed by atoms with van der Waals surface area (Å²) < 4.78 is 20.7. The highest BCUT2D eigenvalue weighted by atomic mass is 19.1. The predicted octanol–water partition coefficient (Wildman–Crippen LogP) is 4.91. The molecule has 0 spiro atoms. The van der Waals surface area contributed by atoms with Crippen LogP contribution in [0.5, 0.6) is 5.75 Å². The van der Waals surface area contributed by atoms with Crippen molar-refractivity contribution >= 4 is 12.8 Å². The molecule has 32 heavy (non-hydrogen) atoms. The maximum absolute atomic E-state index is 13.4. The first-order chi connectivity index (χ1) is 15.6. The number of imidazole rings is 1. The van der Waals surface area contributed by atoms with Gasteiger partial charge in [-0.2, -0.15) is 5.10 Å². The smallest absolute Gasteiger partial charge is 0.153 e. The van der Waals surface area contributed by atoms with Gasteiger partial charge in [0.2, 0.25) is 0 Å². The fraction of sp³-hybridized carbons (Fsp3) is 0.280. The van der Waals surface area contributed by atoms with Crippen molar-refractivity contribution in [2.24, 2.45) is 16.6 Å². The fourth-order valence-electron chi connectivity index (χ4n) is 2.87. The van der Waals surface area contributed by atoms with Gasteiger partial charge in [0.25, 0.3) is 0 Å². The third-order valence-corrected chi connectivity index (χ3v) is 4.33. The maximum Gasteiger partial charge on any atom is 0.153 e. The molecule has 1 unspecified atom stereocenters. The highest BCUT2D eigenvalue weighted by Crippen LogP contribution is 2.26. The van der Waals surface area contributed by atoms with Crippen molar-refractivity contribution in [2.45, 2.75) is 26.7 Å². The molecular weight excluding hydrogens is 405 g/mol. The summed E-state index contributed by atoms with van der Waals surface area (Å²) in [5, 5.41) is 4.10. The molecular formula is C25H34FN5O. The van der Waals surface area contributed by atoms with Gasteiger partial charge < -0.3 is 16.2 Å². The summed E-state index contributed by atoms with van der Waals surface area (Å²) in [5.74, 6) is 1.16. The number of nitrogens with zero attached hydrogens (tertiary/aromatic N) is 3. The summed E-state index contributed by atoms with van der Waals surface area (Å²) in [5.41, 5.74) is 12.6. The van der Waals surface area contributed by atoms with E-state index in [1.54, 1.807) is 16.9 Å². The van der Waals surface area contributed by atoms with E-state index in [-0.39, 0.29) is 11.7 Å². The van der Waals surface area contributed by atoms with Gasteiger partial charge in [0.05, 0.1) is 11.9 Å². The molecule has 0 radical (unpaired) electrons. The highest BCUT2D eigenvalue weighted by Gasteiger charge is 2.11. The number of hydrogen-bond acceptors (Lipinski definition) is 5. The Kier molecular flexibility index (Phi) is 12.3. The van der Waals surface area contributed by atoms with Crippen molar-refractivity contribution in [3.8, 4) is 17.0 Å². The third kappa shape index (κ3) is 7.44. The zero-order chi connectivity index (χ0) is 23.9. The third-order valence-electron chi connectivity index (χ3n) is 4.33. The molecule has 2 aromatic carbocycles. The van der Waals surface area contributed by atoms with Crippen LogP contribution in [0.1, 0.15) is 38.1 Å². The Hall–Kier alpha value is -3.29. The van der Waals surface area contributed by atoms with Crippen LogP contribution in [0.3, 0.4) is 0 Å². The molecule has 3 rings (SSSR count). The Balaban J connectivity index is 0.00000121. The zero-order valence-corrected chi connectivity index (χ0v) is 19.3. The second-order valence-corrected chi connectivity index (χ2v) is 6.32. The Morgan fingerprint density at radius 3 is 2.56 bits per heavy atom. The summed E-state index contributed by atoms with van der Waals surface area (Å²) in [6.07, 6.45) is 5.56. The topological polar surface area (TPSA) is 91.5 Å². The van der Waals surface area contributed by atoms with E-state index in [4.69, 9.17) is 10.5 Å². The normalized spacial score (nSPS) is 11.1. The maximum atomic E-state index is 13.4. The van der Waals surface area contributed by atoms with Crippen LogP contribution in [0.2, 0.25) is 0 Å². The van der Waals surface area contributed by atoms with Crippen molar-refractivity contribution < 1.29 is 9.13 Å². The van der Waals surface area contributed by atoms with Crippen LogP contribution in [0, 0.1) is 5.82 Å². The van der Waals surface area contributed by atoms with Crippen LogP contribution in [0.4, 0.5) is 4.39 Å². The Morgan fingerprint density at radius 1 is 1.19 bits per heavy atom. The molecule has 1 heterocycles. The van der Waals surface area contributed by atoms with Crippen molar-refractivity contribution in [2.75, 3.05) is 20.2 Å². The number of allylic oxidation sites excluding steroid dienone is 1. The number of rotatable bonds is 8. The number of aromatic nitrogens is 2. The van der Waals surface area contributed by atoms with Gasteiger partial charge in [-0.15, -0.1) is 0 Å². The average molecular weight is 440 g/mol. The summed E-state index contributed by atoms with van der Waals surface area (Å²) in [6.45, 7) is 10.6. The van der Waals surface area contributed by atoms with E-state index in [1.807, 2.05) is 63.3 Å². The molecule has 6 nitrogen and oxygen atoms in total. The molecule has 0 fully saturated rings. The first kappa shape index (κ1) is 26.7. The lowest BCUT2D eigenvalue weighted by Crippen LogP contribution is -2.10. The van der Waals surface area contributed by atoms with Gasteiger partial charge in [-0.05, 0) is 48.9 Å². The SMILES string of the molecule is C=Nn1c(-c2cccc(OCCN)c2)cnc1/C=C\C(C)c1cccc(F)c1.CC.CN. The fourth-order valence-corrected chi connectivity index (χ4v) is 2.87. The van der Waals surface area contributed by atoms with Gasteiger partial charge in [-0.3, -0.25) is 0 Å². The van der Waals surface area contributed by atoms with E-state index in [0.29, 0.717) is 19.0 Å². The van der Waals surface area contributed by atoms with Gasteiger partial charge in [0.15, 0.2) is 5.82 Å². The van der Waals surface area contributed by atoms with E-state index in [0.717, 1.165) is 22.6 Å². The molecule has 0 amide bonds. The van der Waals surface area contributed by atoms with E-state index < -0.39 is 0 Å². The van der Waals surface area contributed by atoms with Gasteiger partial charge in [0, 0.05) is 18.8 Å². The molecule has 1 aromatic heterocycles. The Labute approximate surface area is 190 Å². The quantitative estimate of drug-likeness (QED) is 0.488. The largest absolute Gasteiger partial charge is 0.492 e. The molecule has 0 bridgehead atoms. The van der Waals surface area contributed by atoms with Crippen LogP contribution in [0.15, 0.2) is 65.9 Å². The molecule has 172 valence electrons. The number of nitrogens with two attached hydrogens (primary N) is 2. The lowest BCUT2D eigenvalue weighted by atomic mass is 10.0. The molecule has 4 N–H and O–H groups in total. The molecule has 7 heteroatoms. The van der Waals surface area contributed by atoms with Gasteiger partial charge >= 0.3 is 0 Å². The van der Waals surface area contributed by atoms with Gasteiger partial charge in [-0.1, -0.05) is 51.1 Å². The van der Waals surface area contributed by atoms with E-state index in [2.05, 4.69) is 22.5 Å². The lowest BCUT2D eigenvalue weighted by molar-refractivity contribution is 0.328. The Morgan fingerprint density at radius 2 is 1.91 bits per heavy atom. The summed E-state index contributed by atoms with van der Waals surface area (Å²) in [7, 11) is 1.50. The minimum atomic E-state index is -0.244. The number of benzene rings is 2. The van der Waals surface area contributed by atoms with E-state index in [1.165, 1.54) is 19.2 Å². The second-order valence-electron chi connectivity index (χ2n) is 6.32. The predicted molar refractivity (Wildman–Crippen MR) is 132 cm³/mol. The minimum absolute atomic E-state index is 0.0297. The molecule has 0 saturated heterocycles. The first-order valence-electron chi connectivity index (χ1n) is 10.6. The van der Waals surface area contributed by atoms with Crippen LogP contribution < -0.4 is 16.2 Å². The van der Waals surface area contributed by atoms with Crippen molar-refractivity contribution in [1.82, 2.24) is 9.66 Å². The van der Waals surface area contributed by atoms with Gasteiger partial charge in [-0.25, -0.2) is 14.1 Å². The second kappa shape index (κ2) is 14.7. The van der Waals surface area contributed by atoms with Crippen molar-refractivity contribution in [1.29, 1.82) is 0 Å². The van der Waals surface area contributed by atoms with E-state index in [9.17, 15) is 4.39 Å². The van der Waals surface area contributed by atoms with Crippen molar-refractivity contribution in [3.63, 3.8) is 0 Å². The highest BCUT2D eigenvalue weighted by molar-refractivity contribution is 5.63. The molecule has 3 aromatic rings. The number of ether oxygens (including phenoxy) is 1. The zero-order valence-electron chi connectivity index (χ0n) is 19.3.